The third-order valence-corrected chi connectivity index (χ3v) is 6.05. The second kappa shape index (κ2) is 9.49. The molecule has 2 N–H and O–H groups in total. The number of piperidine rings is 1. The van der Waals surface area contributed by atoms with Gasteiger partial charge < -0.3 is 14.5 Å². The molecule has 2 bridgehead atoms. The lowest BCUT2D eigenvalue weighted by molar-refractivity contribution is -0.140. The Morgan fingerprint density at radius 3 is 2.35 bits per heavy atom. The molecule has 3 heterocycles. The fourth-order valence-corrected chi connectivity index (χ4v) is 4.22. The predicted octanol–water partition coefficient (Wildman–Crippen LogP) is 1.40. The summed E-state index contributed by atoms with van der Waals surface area (Å²) in [4.78, 5) is 58.6. The number of nitrogens with one attached hydrogen (secondary N) is 2. The summed E-state index contributed by atoms with van der Waals surface area (Å²) >= 11 is 0. The number of rotatable bonds is 5. The first-order valence-electron chi connectivity index (χ1n) is 11.5. The van der Waals surface area contributed by atoms with Crippen molar-refractivity contribution in [1.29, 1.82) is 0 Å². The van der Waals surface area contributed by atoms with Crippen LogP contribution in [0.2, 0.25) is 0 Å². The summed E-state index contributed by atoms with van der Waals surface area (Å²) in [7, 11) is 0. The molecule has 0 saturated carbocycles. The Morgan fingerprint density at radius 1 is 1.00 bits per heavy atom. The minimum atomic E-state index is -0.686. The van der Waals surface area contributed by atoms with Crippen LogP contribution in [0, 0.1) is 5.92 Å². The lowest BCUT2D eigenvalue weighted by Crippen LogP contribution is -2.60. The number of carbonyl (C=O) groups is 4. The van der Waals surface area contributed by atoms with Gasteiger partial charge in [-0.3, -0.25) is 25.3 Å². The van der Waals surface area contributed by atoms with Gasteiger partial charge in [0.1, 0.15) is 18.2 Å². The molecule has 11 nitrogen and oxygen atoms in total. The number of hydroxylamine groups is 2. The van der Waals surface area contributed by atoms with E-state index in [0.717, 1.165) is 5.56 Å². The lowest BCUT2D eigenvalue weighted by Gasteiger charge is -2.38. The van der Waals surface area contributed by atoms with Gasteiger partial charge in [0.05, 0.1) is 12.0 Å². The number of fused-ring (bicyclic) bond motifs is 2. The Kier molecular flexibility index (Phi) is 6.65. The Labute approximate surface area is 198 Å². The van der Waals surface area contributed by atoms with Gasteiger partial charge in [0.2, 0.25) is 5.91 Å². The maximum absolute atomic E-state index is 12.8. The van der Waals surface area contributed by atoms with Crippen molar-refractivity contribution in [3.63, 3.8) is 0 Å². The quantitative estimate of drug-likeness (QED) is 0.624. The molecule has 0 spiro atoms. The molecular formula is C23H31N5O6. The van der Waals surface area contributed by atoms with Crippen molar-refractivity contribution in [1.82, 2.24) is 25.7 Å². The number of hydrogen-bond acceptors (Lipinski definition) is 6. The summed E-state index contributed by atoms with van der Waals surface area (Å²) in [5, 5.41) is 1.36. The van der Waals surface area contributed by atoms with Gasteiger partial charge in [-0.1, -0.05) is 30.3 Å². The van der Waals surface area contributed by atoms with Crippen molar-refractivity contribution in [2.75, 3.05) is 19.6 Å². The van der Waals surface area contributed by atoms with Crippen molar-refractivity contribution >= 4 is 23.9 Å². The van der Waals surface area contributed by atoms with Gasteiger partial charge in [-0.25, -0.2) is 9.59 Å². The van der Waals surface area contributed by atoms with Gasteiger partial charge in [0.25, 0.3) is 5.91 Å². The summed E-state index contributed by atoms with van der Waals surface area (Å²) in [5.41, 5.74) is 5.20. The second-order valence-corrected chi connectivity index (χ2v) is 9.83. The SMILES string of the molecule is CC(C)(C)OC(=O)N1CC(C(=O)NNC(=O)[C@H]2CC[C@H]3CN2C(=O)N3OCc2ccccc2)C1. The van der Waals surface area contributed by atoms with Gasteiger partial charge in [-0.05, 0) is 39.2 Å². The van der Waals surface area contributed by atoms with Crippen molar-refractivity contribution in [3.05, 3.63) is 35.9 Å². The molecule has 0 aliphatic carbocycles. The highest BCUT2D eigenvalue weighted by Gasteiger charge is 2.48. The molecule has 2 atom stereocenters. The van der Waals surface area contributed by atoms with E-state index in [1.54, 1.807) is 20.8 Å². The Morgan fingerprint density at radius 2 is 1.68 bits per heavy atom. The zero-order valence-electron chi connectivity index (χ0n) is 19.7. The van der Waals surface area contributed by atoms with Crippen LogP contribution in [0.5, 0.6) is 0 Å². The zero-order valence-corrected chi connectivity index (χ0v) is 19.7. The maximum atomic E-state index is 12.8. The molecule has 1 aromatic rings. The molecule has 1 aromatic carbocycles. The fourth-order valence-electron chi connectivity index (χ4n) is 4.22. The highest BCUT2D eigenvalue weighted by atomic mass is 16.7. The zero-order chi connectivity index (χ0) is 24.5. The first-order valence-corrected chi connectivity index (χ1v) is 11.5. The van der Waals surface area contributed by atoms with Crippen LogP contribution in [0.25, 0.3) is 0 Å². The van der Waals surface area contributed by atoms with E-state index in [1.807, 2.05) is 30.3 Å². The topological polar surface area (TPSA) is 121 Å². The van der Waals surface area contributed by atoms with Crippen LogP contribution >= 0.6 is 0 Å². The van der Waals surface area contributed by atoms with Gasteiger partial charge in [-0.2, -0.15) is 5.06 Å². The summed E-state index contributed by atoms with van der Waals surface area (Å²) in [6.07, 6.45) is 0.624. The Bertz CT molecular complexity index is 943. The van der Waals surface area contributed by atoms with Crippen LogP contribution in [-0.4, -0.2) is 76.1 Å². The smallest absolute Gasteiger partial charge is 0.410 e. The van der Waals surface area contributed by atoms with E-state index in [4.69, 9.17) is 9.57 Å². The lowest BCUT2D eigenvalue weighted by atomic mass is 10.00. The second-order valence-electron chi connectivity index (χ2n) is 9.83. The number of amides is 5. The van der Waals surface area contributed by atoms with Crippen molar-refractivity contribution < 1.29 is 28.8 Å². The third-order valence-electron chi connectivity index (χ3n) is 6.05. The normalized spacial score (nSPS) is 22.3. The molecule has 34 heavy (non-hydrogen) atoms. The summed E-state index contributed by atoms with van der Waals surface area (Å²) in [6, 6.07) is 8.41. The molecule has 0 aromatic heterocycles. The number of benzene rings is 1. The van der Waals surface area contributed by atoms with Crippen LogP contribution < -0.4 is 10.9 Å². The molecule has 0 unspecified atom stereocenters. The monoisotopic (exact) mass is 473 g/mol. The number of nitrogens with zero attached hydrogens (tertiary/aromatic N) is 3. The first-order chi connectivity index (χ1) is 16.1. The average molecular weight is 474 g/mol. The average Bonchev–Trinajstić information content (AvgIpc) is 2.98. The van der Waals surface area contributed by atoms with Crippen LogP contribution in [0.4, 0.5) is 9.59 Å². The molecule has 3 aliphatic rings. The number of hydrogen-bond donors (Lipinski definition) is 2. The number of hydrazine groups is 1. The standard InChI is InChI=1S/C23H31N5O6/c1-23(2,3)34-22(32)26-11-16(12-26)19(29)24-25-20(30)18-10-9-17-13-27(18)21(31)28(17)33-14-15-7-5-4-6-8-15/h4-8,16-18H,9-14H2,1-3H3,(H,24,29)(H,25,30)/t17-,18+/m0/s1. The number of ether oxygens (including phenoxy) is 1. The first kappa shape index (κ1) is 23.8. The minimum absolute atomic E-state index is 0.108. The third kappa shape index (κ3) is 5.24. The number of urea groups is 1. The molecule has 184 valence electrons. The van der Waals surface area contributed by atoms with Crippen LogP contribution in [-0.2, 0) is 25.8 Å². The molecule has 0 radical (unpaired) electrons. The van der Waals surface area contributed by atoms with Gasteiger partial charge in [0, 0.05) is 19.6 Å². The molecule has 3 fully saturated rings. The highest BCUT2D eigenvalue weighted by molar-refractivity contribution is 5.90. The molecule has 3 saturated heterocycles. The van der Waals surface area contributed by atoms with E-state index >= 15 is 0 Å². The van der Waals surface area contributed by atoms with Crippen molar-refractivity contribution in [2.24, 2.45) is 5.92 Å². The Balaban J connectivity index is 1.22. The van der Waals surface area contributed by atoms with Gasteiger partial charge in [-0.15, -0.1) is 0 Å². The fraction of sp³-hybridized carbons (Fsp3) is 0.565. The summed E-state index contributed by atoms with van der Waals surface area (Å²) < 4.78 is 5.27. The highest BCUT2D eigenvalue weighted by Crippen LogP contribution is 2.30. The van der Waals surface area contributed by atoms with E-state index < -0.39 is 29.6 Å². The summed E-state index contributed by atoms with van der Waals surface area (Å²) in [5.74, 6) is -1.27. The predicted molar refractivity (Wildman–Crippen MR) is 120 cm³/mol. The van der Waals surface area contributed by atoms with Gasteiger partial charge >= 0.3 is 12.1 Å². The van der Waals surface area contributed by atoms with E-state index in [1.165, 1.54) is 14.9 Å². The van der Waals surface area contributed by atoms with E-state index in [-0.39, 0.29) is 37.7 Å². The van der Waals surface area contributed by atoms with E-state index in [9.17, 15) is 19.2 Å². The molecule has 5 amide bonds. The molecular weight excluding hydrogens is 442 g/mol. The van der Waals surface area contributed by atoms with Crippen LogP contribution in [0.3, 0.4) is 0 Å². The molecule has 3 aliphatic heterocycles. The van der Waals surface area contributed by atoms with Crippen LogP contribution in [0.15, 0.2) is 30.3 Å². The van der Waals surface area contributed by atoms with E-state index in [0.29, 0.717) is 19.4 Å². The minimum Gasteiger partial charge on any atom is -0.444 e. The number of carbonyl (C=O) groups excluding carboxylic acids is 4. The Hall–Kier alpha value is -3.34. The van der Waals surface area contributed by atoms with Gasteiger partial charge in [0.15, 0.2) is 0 Å². The number of likely N-dealkylation sites (tertiary alicyclic amines) is 1. The van der Waals surface area contributed by atoms with Crippen molar-refractivity contribution in [3.8, 4) is 0 Å². The molecule has 4 rings (SSSR count). The van der Waals surface area contributed by atoms with E-state index in [2.05, 4.69) is 10.9 Å². The van der Waals surface area contributed by atoms with Crippen molar-refractivity contribution in [2.45, 2.75) is 57.9 Å². The summed E-state index contributed by atoms with van der Waals surface area (Å²) in [6.45, 7) is 6.44. The molecule has 11 heteroatoms. The van der Waals surface area contributed by atoms with Crippen LogP contribution in [0.1, 0.15) is 39.2 Å². The largest absolute Gasteiger partial charge is 0.444 e. The maximum Gasteiger partial charge on any atom is 0.410 e.